The van der Waals surface area contributed by atoms with Crippen molar-refractivity contribution in [2.45, 2.75) is 5.32 Å². The molecule has 76 valence electrons. The van der Waals surface area contributed by atoms with Gasteiger partial charge in [-0.2, -0.15) is 0 Å². The van der Waals surface area contributed by atoms with E-state index >= 15 is 0 Å². The molecule has 15 heavy (non-hydrogen) atoms. The van der Waals surface area contributed by atoms with Crippen LogP contribution in [0.5, 0.6) is 0 Å². The molecule has 0 amide bonds. The van der Waals surface area contributed by atoms with E-state index in [-0.39, 0.29) is 0 Å². The molecule has 0 unspecified atom stereocenters. The molecule has 1 aromatic carbocycles. The van der Waals surface area contributed by atoms with E-state index in [2.05, 4.69) is 29.2 Å². The summed E-state index contributed by atoms with van der Waals surface area (Å²) in [4.78, 5) is 4.30. The van der Waals surface area contributed by atoms with Gasteiger partial charge >= 0.3 is 95.5 Å². The first-order chi connectivity index (χ1) is 7.36. The van der Waals surface area contributed by atoms with E-state index in [9.17, 15) is 0 Å². The molecule has 0 bridgehead atoms. The van der Waals surface area contributed by atoms with Crippen molar-refractivity contribution in [3.63, 3.8) is 0 Å². The molecule has 2 rings (SSSR count). The van der Waals surface area contributed by atoms with Gasteiger partial charge in [0.15, 0.2) is 0 Å². The summed E-state index contributed by atoms with van der Waals surface area (Å²) >= 11 is 0.326. The summed E-state index contributed by atoms with van der Waals surface area (Å²) in [5.41, 5.74) is 8.00. The van der Waals surface area contributed by atoms with Crippen LogP contribution in [0.25, 0.3) is 0 Å². The van der Waals surface area contributed by atoms with Crippen LogP contribution >= 0.6 is 0 Å². The number of aromatic nitrogens is 1. The van der Waals surface area contributed by atoms with Gasteiger partial charge in [-0.3, -0.25) is 0 Å². The van der Waals surface area contributed by atoms with Gasteiger partial charge in [-0.1, -0.05) is 0 Å². The molecule has 2 N–H and O–H groups in total. The van der Waals surface area contributed by atoms with Crippen LogP contribution < -0.4 is 10.3 Å². The second-order valence-corrected chi connectivity index (χ2v) is 5.19. The van der Waals surface area contributed by atoms with Gasteiger partial charge in [-0.25, -0.2) is 0 Å². The van der Waals surface area contributed by atoms with E-state index < -0.39 is 0 Å². The molecule has 0 atom stereocenters. The first kappa shape index (κ1) is 10.2. The Morgan fingerprint density at radius 2 is 1.87 bits per heavy atom. The van der Waals surface area contributed by atoms with E-state index in [1.54, 1.807) is 6.20 Å². The molecule has 0 radical (unpaired) electrons. The summed E-state index contributed by atoms with van der Waals surface area (Å²) in [7, 11) is 0. The molecule has 0 fully saturated rings. The molecule has 1 aromatic heterocycles. The van der Waals surface area contributed by atoms with Crippen molar-refractivity contribution in [1.82, 2.24) is 4.98 Å². The number of nitrogens with zero attached hydrogens (tertiary/aromatic N) is 1. The number of nitrogens with two attached hydrogens (primary N) is 1. The molecule has 0 saturated heterocycles. The van der Waals surface area contributed by atoms with Crippen molar-refractivity contribution in [2.75, 3.05) is 5.73 Å². The molecule has 2 aromatic rings. The maximum absolute atomic E-state index is 5.84. The molecular formula is C12H12N2Se. The van der Waals surface area contributed by atoms with Crippen LogP contribution in [0.15, 0.2) is 48.7 Å². The normalized spacial score (nSPS) is 10.1. The van der Waals surface area contributed by atoms with Gasteiger partial charge in [0.2, 0.25) is 0 Å². The Bertz CT molecular complexity index is 429. The number of benzene rings is 1. The quantitative estimate of drug-likeness (QED) is 0.845. The number of anilines is 1. The van der Waals surface area contributed by atoms with E-state index in [0.717, 1.165) is 15.6 Å². The second kappa shape index (κ2) is 4.96. The Labute approximate surface area is 95.7 Å². The van der Waals surface area contributed by atoms with Gasteiger partial charge in [0, 0.05) is 0 Å². The van der Waals surface area contributed by atoms with Crippen molar-refractivity contribution in [3.05, 3.63) is 54.2 Å². The zero-order valence-electron chi connectivity index (χ0n) is 8.26. The summed E-state index contributed by atoms with van der Waals surface area (Å²) < 4.78 is 1.05. The van der Waals surface area contributed by atoms with E-state index in [1.165, 1.54) is 5.56 Å². The van der Waals surface area contributed by atoms with Crippen LogP contribution in [0.4, 0.5) is 5.69 Å². The van der Waals surface area contributed by atoms with E-state index in [4.69, 9.17) is 5.73 Å². The number of rotatable bonds is 3. The maximum atomic E-state index is 5.84. The van der Waals surface area contributed by atoms with Crippen molar-refractivity contribution < 1.29 is 0 Å². The number of hydrogen-bond acceptors (Lipinski definition) is 2. The Morgan fingerprint density at radius 3 is 2.60 bits per heavy atom. The predicted octanol–water partition coefficient (Wildman–Crippen LogP) is 1.19. The fourth-order valence-corrected chi connectivity index (χ4v) is 3.07. The third-order valence-electron chi connectivity index (χ3n) is 2.02. The Morgan fingerprint density at radius 1 is 1.07 bits per heavy atom. The fraction of sp³-hybridized carbons (Fsp3) is 0.0833. The van der Waals surface area contributed by atoms with Crippen molar-refractivity contribution >= 4 is 25.2 Å². The zero-order chi connectivity index (χ0) is 10.5. The fourth-order valence-electron chi connectivity index (χ4n) is 1.25. The third kappa shape index (κ3) is 2.82. The van der Waals surface area contributed by atoms with E-state index in [1.807, 2.05) is 18.2 Å². The Kier molecular flexibility index (Phi) is 3.38. The van der Waals surface area contributed by atoms with Gasteiger partial charge in [0.05, 0.1) is 0 Å². The number of hydrogen-bond donors (Lipinski definition) is 1. The Hall–Kier alpha value is -1.31. The number of pyridine rings is 1. The predicted molar refractivity (Wildman–Crippen MR) is 64.2 cm³/mol. The molecule has 0 spiro atoms. The monoisotopic (exact) mass is 264 g/mol. The Balaban J connectivity index is 2.03. The molecule has 1 heterocycles. The molecule has 0 aliphatic carbocycles. The van der Waals surface area contributed by atoms with Crippen molar-refractivity contribution in [3.8, 4) is 0 Å². The van der Waals surface area contributed by atoms with Crippen LogP contribution in [0.1, 0.15) is 5.56 Å². The topological polar surface area (TPSA) is 38.9 Å². The van der Waals surface area contributed by atoms with E-state index in [0.29, 0.717) is 15.0 Å². The molecular weight excluding hydrogens is 251 g/mol. The van der Waals surface area contributed by atoms with Gasteiger partial charge < -0.3 is 0 Å². The zero-order valence-corrected chi connectivity index (χ0v) is 9.97. The second-order valence-electron chi connectivity index (χ2n) is 3.17. The van der Waals surface area contributed by atoms with Crippen LogP contribution in [0.2, 0.25) is 0 Å². The van der Waals surface area contributed by atoms with Crippen LogP contribution in [-0.4, -0.2) is 19.9 Å². The standard InChI is InChI=1S/C12H12N2Se/c13-11-7-4-8-14-12(11)15-9-10-5-2-1-3-6-10/h1-8H,9,13H2. The van der Waals surface area contributed by atoms with Crippen LogP contribution in [-0.2, 0) is 5.32 Å². The summed E-state index contributed by atoms with van der Waals surface area (Å²) in [6.07, 6.45) is 1.80. The van der Waals surface area contributed by atoms with Crippen LogP contribution in [0, 0.1) is 0 Å². The van der Waals surface area contributed by atoms with Gasteiger partial charge in [-0.05, 0) is 0 Å². The van der Waals surface area contributed by atoms with Crippen molar-refractivity contribution in [2.24, 2.45) is 0 Å². The molecule has 3 heteroatoms. The molecule has 0 saturated carbocycles. The summed E-state index contributed by atoms with van der Waals surface area (Å²) in [6, 6.07) is 14.2. The molecule has 2 nitrogen and oxygen atoms in total. The summed E-state index contributed by atoms with van der Waals surface area (Å²) in [6.45, 7) is 0. The summed E-state index contributed by atoms with van der Waals surface area (Å²) in [5, 5.41) is 1.05. The number of nitrogen functional groups attached to an aromatic ring is 1. The molecule has 0 aliphatic heterocycles. The van der Waals surface area contributed by atoms with Crippen LogP contribution in [0.3, 0.4) is 0 Å². The summed E-state index contributed by atoms with van der Waals surface area (Å²) in [5.74, 6) is 0. The SMILES string of the molecule is Nc1cccnc1[Se]Cc1ccccc1. The third-order valence-corrected chi connectivity index (χ3v) is 4.31. The molecule has 0 aliphatic rings. The van der Waals surface area contributed by atoms with Gasteiger partial charge in [-0.15, -0.1) is 0 Å². The first-order valence-electron chi connectivity index (χ1n) is 4.73. The van der Waals surface area contributed by atoms with Gasteiger partial charge in [0.25, 0.3) is 0 Å². The minimum atomic E-state index is 0.326. The minimum absolute atomic E-state index is 0.326. The average Bonchev–Trinajstić information content (AvgIpc) is 2.29. The average molecular weight is 263 g/mol. The first-order valence-corrected chi connectivity index (χ1v) is 6.80. The van der Waals surface area contributed by atoms with Gasteiger partial charge in [0.1, 0.15) is 0 Å². The van der Waals surface area contributed by atoms with Crippen molar-refractivity contribution in [1.29, 1.82) is 0 Å².